The van der Waals surface area contributed by atoms with Crippen LogP contribution in [0.25, 0.3) is 6.08 Å². The molecule has 0 aromatic carbocycles. The summed E-state index contributed by atoms with van der Waals surface area (Å²) in [6, 6.07) is 9.23. The van der Waals surface area contributed by atoms with Crippen LogP contribution in [-0.2, 0) is 4.79 Å². The van der Waals surface area contributed by atoms with Gasteiger partial charge in [0.15, 0.2) is 0 Å². The van der Waals surface area contributed by atoms with Crippen molar-refractivity contribution in [2.75, 3.05) is 0 Å². The number of carbonyl (C=O) groups excluding carboxylic acids is 1. The van der Waals surface area contributed by atoms with Crippen LogP contribution in [0.5, 0.6) is 0 Å². The van der Waals surface area contributed by atoms with Crippen molar-refractivity contribution in [3.05, 3.63) is 66.3 Å². The lowest BCUT2D eigenvalue weighted by molar-refractivity contribution is -0.117. The molecule has 4 nitrogen and oxygen atoms in total. The van der Waals surface area contributed by atoms with E-state index in [1.165, 1.54) is 6.08 Å². The molecular formula is C15H15N3O. The molecule has 0 radical (unpaired) electrons. The molecule has 2 rings (SSSR count). The van der Waals surface area contributed by atoms with Gasteiger partial charge in [-0.05, 0) is 36.8 Å². The molecule has 2 aromatic rings. The van der Waals surface area contributed by atoms with Gasteiger partial charge >= 0.3 is 0 Å². The van der Waals surface area contributed by atoms with E-state index < -0.39 is 0 Å². The van der Waals surface area contributed by atoms with Gasteiger partial charge in [-0.1, -0.05) is 12.1 Å². The third-order valence-electron chi connectivity index (χ3n) is 2.60. The van der Waals surface area contributed by atoms with E-state index in [0.717, 1.165) is 11.3 Å². The molecule has 4 heteroatoms. The Balaban J connectivity index is 1.93. The number of nitrogens with one attached hydrogen (secondary N) is 1. The van der Waals surface area contributed by atoms with E-state index in [0.29, 0.717) is 0 Å². The molecule has 0 saturated heterocycles. The van der Waals surface area contributed by atoms with Gasteiger partial charge in [-0.3, -0.25) is 14.8 Å². The minimum Gasteiger partial charge on any atom is -0.344 e. The zero-order valence-electron chi connectivity index (χ0n) is 10.7. The standard InChI is InChI=1S/C15H15N3O/c1-12(14-6-2-3-10-17-14)18-15(19)8-7-13-5-4-9-16-11-13/h2-12H,1H3,(H,18,19). The molecule has 0 spiro atoms. The van der Waals surface area contributed by atoms with Crippen LogP contribution in [0.3, 0.4) is 0 Å². The van der Waals surface area contributed by atoms with Crippen LogP contribution in [0.2, 0.25) is 0 Å². The highest BCUT2D eigenvalue weighted by Crippen LogP contribution is 2.07. The molecule has 0 bridgehead atoms. The number of carbonyl (C=O) groups is 1. The average Bonchev–Trinajstić information content (AvgIpc) is 2.47. The molecule has 0 aliphatic rings. The second kappa shape index (κ2) is 6.44. The molecule has 0 saturated carbocycles. The van der Waals surface area contributed by atoms with Crippen molar-refractivity contribution in [2.24, 2.45) is 0 Å². The Bertz CT molecular complexity index is 552. The average molecular weight is 253 g/mol. The van der Waals surface area contributed by atoms with E-state index in [1.54, 1.807) is 24.7 Å². The summed E-state index contributed by atoms with van der Waals surface area (Å²) >= 11 is 0. The highest BCUT2D eigenvalue weighted by atomic mass is 16.1. The van der Waals surface area contributed by atoms with Crippen LogP contribution >= 0.6 is 0 Å². The predicted octanol–water partition coefficient (Wildman–Crippen LogP) is 2.37. The van der Waals surface area contributed by atoms with Gasteiger partial charge in [0.25, 0.3) is 0 Å². The van der Waals surface area contributed by atoms with Gasteiger partial charge in [-0.2, -0.15) is 0 Å². The molecule has 1 N–H and O–H groups in total. The number of hydrogen-bond donors (Lipinski definition) is 1. The maximum atomic E-state index is 11.8. The molecule has 0 fully saturated rings. The summed E-state index contributed by atoms with van der Waals surface area (Å²) in [7, 11) is 0. The summed E-state index contributed by atoms with van der Waals surface area (Å²) in [6.07, 6.45) is 8.33. The number of rotatable bonds is 4. The Morgan fingerprint density at radius 2 is 2.16 bits per heavy atom. The molecule has 96 valence electrons. The molecule has 0 aliphatic heterocycles. The van der Waals surface area contributed by atoms with Gasteiger partial charge in [-0.15, -0.1) is 0 Å². The quantitative estimate of drug-likeness (QED) is 0.851. The second-order valence-corrected chi connectivity index (χ2v) is 4.10. The van der Waals surface area contributed by atoms with Crippen molar-refractivity contribution < 1.29 is 4.79 Å². The molecule has 0 aliphatic carbocycles. The van der Waals surface area contributed by atoms with E-state index in [4.69, 9.17) is 0 Å². The minimum absolute atomic E-state index is 0.118. The first-order chi connectivity index (χ1) is 9.25. The zero-order valence-corrected chi connectivity index (χ0v) is 10.7. The highest BCUT2D eigenvalue weighted by Gasteiger charge is 2.07. The number of amides is 1. The first-order valence-corrected chi connectivity index (χ1v) is 6.05. The Hall–Kier alpha value is -2.49. The summed E-state index contributed by atoms with van der Waals surface area (Å²) < 4.78 is 0. The van der Waals surface area contributed by atoms with Crippen molar-refractivity contribution in [3.8, 4) is 0 Å². The van der Waals surface area contributed by atoms with Gasteiger partial charge in [-0.25, -0.2) is 0 Å². The molecule has 1 atom stereocenters. The first-order valence-electron chi connectivity index (χ1n) is 6.05. The van der Waals surface area contributed by atoms with Crippen LogP contribution in [0.1, 0.15) is 24.2 Å². The van der Waals surface area contributed by atoms with Crippen LogP contribution in [-0.4, -0.2) is 15.9 Å². The summed E-state index contributed by atoms with van der Waals surface area (Å²) in [4.78, 5) is 19.9. The van der Waals surface area contributed by atoms with Crippen molar-refractivity contribution in [1.82, 2.24) is 15.3 Å². The Kier molecular flexibility index (Phi) is 4.39. The first kappa shape index (κ1) is 13.0. The van der Waals surface area contributed by atoms with Crippen molar-refractivity contribution in [2.45, 2.75) is 13.0 Å². The molecule has 2 aromatic heterocycles. The minimum atomic E-state index is -0.151. The Labute approximate surface area is 112 Å². The number of hydrogen-bond acceptors (Lipinski definition) is 3. The number of pyridine rings is 2. The van der Waals surface area contributed by atoms with E-state index in [2.05, 4.69) is 15.3 Å². The Morgan fingerprint density at radius 3 is 2.84 bits per heavy atom. The van der Waals surface area contributed by atoms with Crippen molar-refractivity contribution in [3.63, 3.8) is 0 Å². The van der Waals surface area contributed by atoms with E-state index in [1.807, 2.05) is 37.3 Å². The largest absolute Gasteiger partial charge is 0.344 e. The lowest BCUT2D eigenvalue weighted by atomic mass is 10.2. The smallest absolute Gasteiger partial charge is 0.244 e. The van der Waals surface area contributed by atoms with Crippen LogP contribution in [0.15, 0.2) is 55.0 Å². The maximum absolute atomic E-state index is 11.8. The lowest BCUT2D eigenvalue weighted by Gasteiger charge is -2.11. The predicted molar refractivity (Wildman–Crippen MR) is 74.1 cm³/mol. The zero-order chi connectivity index (χ0) is 13.5. The van der Waals surface area contributed by atoms with E-state index in [9.17, 15) is 4.79 Å². The fraction of sp³-hybridized carbons (Fsp3) is 0.133. The van der Waals surface area contributed by atoms with Gasteiger partial charge in [0, 0.05) is 24.7 Å². The van der Waals surface area contributed by atoms with Gasteiger partial charge < -0.3 is 5.32 Å². The normalized spacial score (nSPS) is 12.3. The van der Waals surface area contributed by atoms with E-state index >= 15 is 0 Å². The van der Waals surface area contributed by atoms with Crippen molar-refractivity contribution in [1.29, 1.82) is 0 Å². The number of aromatic nitrogens is 2. The molecule has 1 amide bonds. The van der Waals surface area contributed by atoms with Gasteiger partial charge in [0.05, 0.1) is 11.7 Å². The van der Waals surface area contributed by atoms with Crippen LogP contribution in [0.4, 0.5) is 0 Å². The second-order valence-electron chi connectivity index (χ2n) is 4.10. The molecule has 1 unspecified atom stereocenters. The van der Waals surface area contributed by atoms with E-state index in [-0.39, 0.29) is 11.9 Å². The topological polar surface area (TPSA) is 54.9 Å². The molecule has 19 heavy (non-hydrogen) atoms. The summed E-state index contributed by atoms with van der Waals surface area (Å²) in [6.45, 7) is 1.90. The summed E-state index contributed by atoms with van der Waals surface area (Å²) in [5, 5.41) is 2.86. The summed E-state index contributed by atoms with van der Waals surface area (Å²) in [5.74, 6) is -0.151. The monoisotopic (exact) mass is 253 g/mol. The van der Waals surface area contributed by atoms with Crippen molar-refractivity contribution >= 4 is 12.0 Å². The van der Waals surface area contributed by atoms with Gasteiger partial charge in [0.1, 0.15) is 0 Å². The van der Waals surface area contributed by atoms with Crippen LogP contribution in [0, 0.1) is 0 Å². The van der Waals surface area contributed by atoms with Crippen LogP contribution < -0.4 is 5.32 Å². The third kappa shape index (κ3) is 4.03. The fourth-order valence-corrected chi connectivity index (χ4v) is 1.61. The third-order valence-corrected chi connectivity index (χ3v) is 2.60. The fourth-order valence-electron chi connectivity index (χ4n) is 1.61. The Morgan fingerprint density at radius 1 is 1.26 bits per heavy atom. The summed E-state index contributed by atoms with van der Waals surface area (Å²) in [5.41, 5.74) is 1.73. The highest BCUT2D eigenvalue weighted by molar-refractivity contribution is 5.91. The lowest BCUT2D eigenvalue weighted by Crippen LogP contribution is -2.25. The molecular weight excluding hydrogens is 238 g/mol. The molecule has 2 heterocycles. The maximum Gasteiger partial charge on any atom is 0.244 e. The number of nitrogens with zero attached hydrogens (tertiary/aromatic N) is 2. The van der Waals surface area contributed by atoms with Gasteiger partial charge in [0.2, 0.25) is 5.91 Å². The SMILES string of the molecule is CC(NC(=O)C=Cc1cccnc1)c1ccccn1.